The van der Waals surface area contributed by atoms with Gasteiger partial charge in [-0.25, -0.2) is 9.37 Å². The third-order valence-corrected chi connectivity index (χ3v) is 4.79. The standard InChI is InChI=1S/C15H9F4NS2/c1-8-5-6-10-12(7-8)21-14(20-10)13-9(16)3-2-4-11(13)22-15(17,18)19/h2-7H,1H3. The molecule has 0 bridgehead atoms. The largest absolute Gasteiger partial charge is 0.446 e. The molecule has 1 heterocycles. The van der Waals surface area contributed by atoms with Gasteiger partial charge in [0, 0.05) is 4.90 Å². The number of hydrogen-bond acceptors (Lipinski definition) is 3. The summed E-state index contributed by atoms with van der Waals surface area (Å²) in [5, 5.41) is 0.255. The number of alkyl halides is 3. The molecule has 0 aliphatic rings. The molecule has 0 unspecified atom stereocenters. The highest BCUT2D eigenvalue weighted by atomic mass is 32.2. The Morgan fingerprint density at radius 2 is 1.91 bits per heavy atom. The summed E-state index contributed by atoms with van der Waals surface area (Å²) < 4.78 is 52.9. The summed E-state index contributed by atoms with van der Waals surface area (Å²) in [6.07, 6.45) is 0. The fraction of sp³-hybridized carbons (Fsp3) is 0.133. The molecule has 1 aromatic heterocycles. The lowest BCUT2D eigenvalue weighted by atomic mass is 10.2. The molecule has 0 saturated carbocycles. The van der Waals surface area contributed by atoms with Gasteiger partial charge in [0.1, 0.15) is 10.8 Å². The Hall–Kier alpha value is -1.60. The fourth-order valence-electron chi connectivity index (χ4n) is 2.06. The van der Waals surface area contributed by atoms with Crippen molar-refractivity contribution >= 4 is 33.3 Å². The number of benzene rings is 2. The zero-order chi connectivity index (χ0) is 15.9. The van der Waals surface area contributed by atoms with Crippen LogP contribution in [0.25, 0.3) is 20.8 Å². The maximum atomic E-state index is 14.1. The number of thiazole rings is 1. The molecule has 114 valence electrons. The number of halogens is 4. The Kier molecular flexibility index (Phi) is 3.86. The van der Waals surface area contributed by atoms with Crippen molar-refractivity contribution in [3.8, 4) is 10.6 Å². The van der Waals surface area contributed by atoms with Gasteiger partial charge in [0.15, 0.2) is 0 Å². The second-order valence-corrected chi connectivity index (χ2v) is 6.79. The molecular formula is C15H9F4NS2. The first-order valence-electron chi connectivity index (χ1n) is 6.25. The predicted octanol–water partition coefficient (Wildman–Crippen LogP) is 6.02. The second kappa shape index (κ2) is 5.55. The van der Waals surface area contributed by atoms with Crippen LogP contribution in [0.15, 0.2) is 41.3 Å². The van der Waals surface area contributed by atoms with Gasteiger partial charge in [-0.2, -0.15) is 13.2 Å². The van der Waals surface area contributed by atoms with Crippen LogP contribution in [0, 0.1) is 12.7 Å². The molecule has 7 heteroatoms. The zero-order valence-corrected chi connectivity index (χ0v) is 12.9. The van der Waals surface area contributed by atoms with Crippen LogP contribution < -0.4 is 0 Å². The Morgan fingerprint density at radius 1 is 1.14 bits per heavy atom. The van der Waals surface area contributed by atoms with Crippen molar-refractivity contribution in [3.63, 3.8) is 0 Å². The minimum absolute atomic E-state index is 0.0938. The Balaban J connectivity index is 2.16. The molecule has 0 fully saturated rings. The van der Waals surface area contributed by atoms with Gasteiger partial charge in [0.05, 0.1) is 15.8 Å². The van der Waals surface area contributed by atoms with E-state index >= 15 is 0 Å². The average Bonchev–Trinajstić information content (AvgIpc) is 2.79. The van der Waals surface area contributed by atoms with Crippen LogP contribution in [0.1, 0.15) is 5.56 Å². The third-order valence-electron chi connectivity index (χ3n) is 2.96. The van der Waals surface area contributed by atoms with Gasteiger partial charge in [0.25, 0.3) is 0 Å². The van der Waals surface area contributed by atoms with E-state index in [0.29, 0.717) is 5.52 Å². The molecule has 0 saturated heterocycles. The molecule has 0 atom stereocenters. The Bertz CT molecular complexity index is 839. The van der Waals surface area contributed by atoms with Gasteiger partial charge in [-0.3, -0.25) is 0 Å². The van der Waals surface area contributed by atoms with Crippen molar-refractivity contribution in [1.29, 1.82) is 0 Å². The number of rotatable bonds is 2. The van der Waals surface area contributed by atoms with E-state index in [9.17, 15) is 17.6 Å². The number of hydrogen-bond donors (Lipinski definition) is 0. The molecule has 1 nitrogen and oxygen atoms in total. The first-order valence-corrected chi connectivity index (χ1v) is 7.88. The molecule has 0 aliphatic heterocycles. The van der Waals surface area contributed by atoms with E-state index in [-0.39, 0.29) is 27.2 Å². The zero-order valence-electron chi connectivity index (χ0n) is 11.2. The molecule has 2 aromatic carbocycles. The van der Waals surface area contributed by atoms with Crippen LogP contribution in [-0.4, -0.2) is 10.5 Å². The van der Waals surface area contributed by atoms with Crippen LogP contribution in [0.5, 0.6) is 0 Å². The van der Waals surface area contributed by atoms with Gasteiger partial charge in [0.2, 0.25) is 0 Å². The fourth-order valence-corrected chi connectivity index (χ4v) is 3.94. The summed E-state index contributed by atoms with van der Waals surface area (Å²) in [5.74, 6) is -0.704. The molecule has 0 spiro atoms. The van der Waals surface area contributed by atoms with Gasteiger partial charge in [-0.1, -0.05) is 12.1 Å². The van der Waals surface area contributed by atoms with E-state index in [0.717, 1.165) is 16.3 Å². The first-order chi connectivity index (χ1) is 10.3. The summed E-state index contributed by atoms with van der Waals surface area (Å²) in [4.78, 5) is 4.10. The summed E-state index contributed by atoms with van der Waals surface area (Å²) in [5.41, 5.74) is -2.91. The van der Waals surface area contributed by atoms with Crippen LogP contribution in [0.4, 0.5) is 17.6 Å². The second-order valence-electron chi connectivity index (χ2n) is 4.65. The summed E-state index contributed by atoms with van der Waals surface area (Å²) in [6.45, 7) is 1.91. The number of nitrogens with zero attached hydrogens (tertiary/aromatic N) is 1. The van der Waals surface area contributed by atoms with E-state index in [1.807, 2.05) is 19.1 Å². The molecular weight excluding hydrogens is 334 g/mol. The van der Waals surface area contributed by atoms with Crippen molar-refractivity contribution in [2.75, 3.05) is 0 Å². The van der Waals surface area contributed by atoms with Crippen LogP contribution in [0.3, 0.4) is 0 Å². The van der Waals surface area contributed by atoms with Crippen molar-refractivity contribution in [2.24, 2.45) is 0 Å². The molecule has 3 aromatic rings. The summed E-state index contributed by atoms with van der Waals surface area (Å²) in [7, 11) is 0. The molecule has 22 heavy (non-hydrogen) atoms. The maximum absolute atomic E-state index is 14.1. The summed E-state index contributed by atoms with van der Waals surface area (Å²) in [6, 6.07) is 9.19. The van der Waals surface area contributed by atoms with Gasteiger partial charge < -0.3 is 0 Å². The summed E-state index contributed by atoms with van der Waals surface area (Å²) >= 11 is 0.863. The third kappa shape index (κ3) is 3.10. The van der Waals surface area contributed by atoms with Crippen molar-refractivity contribution < 1.29 is 17.6 Å². The molecule has 0 aliphatic carbocycles. The van der Waals surface area contributed by atoms with E-state index in [1.54, 1.807) is 6.07 Å². The lowest BCUT2D eigenvalue weighted by Crippen LogP contribution is -2.00. The number of aromatic nitrogens is 1. The van der Waals surface area contributed by atoms with E-state index in [1.165, 1.54) is 23.5 Å². The first kappa shape index (κ1) is 15.3. The molecule has 0 N–H and O–H groups in total. The normalized spacial score (nSPS) is 12.0. The smallest absolute Gasteiger partial charge is 0.236 e. The number of aryl methyl sites for hydroxylation is 1. The topological polar surface area (TPSA) is 12.9 Å². The minimum atomic E-state index is -4.48. The monoisotopic (exact) mass is 343 g/mol. The van der Waals surface area contributed by atoms with E-state index in [2.05, 4.69) is 4.98 Å². The average molecular weight is 343 g/mol. The molecule has 0 radical (unpaired) electrons. The molecule has 0 amide bonds. The minimum Gasteiger partial charge on any atom is -0.236 e. The highest BCUT2D eigenvalue weighted by Gasteiger charge is 2.31. The van der Waals surface area contributed by atoms with Crippen LogP contribution in [-0.2, 0) is 0 Å². The van der Waals surface area contributed by atoms with Gasteiger partial charge >= 0.3 is 5.51 Å². The Morgan fingerprint density at radius 3 is 2.64 bits per heavy atom. The van der Waals surface area contributed by atoms with Gasteiger partial charge in [-0.15, -0.1) is 11.3 Å². The van der Waals surface area contributed by atoms with Crippen LogP contribution in [0.2, 0.25) is 0 Å². The molecule has 3 rings (SSSR count). The van der Waals surface area contributed by atoms with Crippen LogP contribution >= 0.6 is 23.1 Å². The van der Waals surface area contributed by atoms with Crippen molar-refractivity contribution in [2.45, 2.75) is 17.3 Å². The van der Waals surface area contributed by atoms with E-state index in [4.69, 9.17) is 0 Å². The van der Waals surface area contributed by atoms with E-state index < -0.39 is 11.3 Å². The highest BCUT2D eigenvalue weighted by Crippen LogP contribution is 2.44. The SMILES string of the molecule is Cc1ccc2nc(-c3c(F)cccc3SC(F)(F)F)sc2c1. The Labute approximate surface area is 132 Å². The number of fused-ring (bicyclic) bond motifs is 1. The maximum Gasteiger partial charge on any atom is 0.446 e. The quantitative estimate of drug-likeness (QED) is 0.417. The van der Waals surface area contributed by atoms with Gasteiger partial charge in [-0.05, 0) is 48.5 Å². The highest BCUT2D eigenvalue weighted by molar-refractivity contribution is 8.00. The number of thioether (sulfide) groups is 1. The lowest BCUT2D eigenvalue weighted by Gasteiger charge is -2.09. The van der Waals surface area contributed by atoms with Crippen molar-refractivity contribution in [3.05, 3.63) is 47.8 Å². The predicted molar refractivity (Wildman–Crippen MR) is 81.7 cm³/mol. The van der Waals surface area contributed by atoms with Crippen molar-refractivity contribution in [1.82, 2.24) is 4.98 Å². The lowest BCUT2D eigenvalue weighted by molar-refractivity contribution is -0.0328.